The summed E-state index contributed by atoms with van der Waals surface area (Å²) in [6.07, 6.45) is 1.60. The first-order chi connectivity index (χ1) is 15.7. The van der Waals surface area contributed by atoms with Crippen LogP contribution in [0.5, 0.6) is 5.75 Å². The molecule has 1 N–H and O–H groups in total. The molecule has 1 aromatic heterocycles. The van der Waals surface area contributed by atoms with Crippen LogP contribution in [0.25, 0.3) is 11.8 Å². The average molecular weight is 480 g/mol. The van der Waals surface area contributed by atoms with Crippen LogP contribution in [0, 0.1) is 20.8 Å². The highest BCUT2D eigenvalue weighted by Gasteiger charge is 2.35. The molecule has 1 fully saturated rings. The lowest BCUT2D eigenvalue weighted by molar-refractivity contribution is -0.122. The minimum atomic E-state index is -0.534. The number of hydrogen-bond acceptors (Lipinski definition) is 4. The summed E-state index contributed by atoms with van der Waals surface area (Å²) >= 11 is 11.5. The van der Waals surface area contributed by atoms with E-state index < -0.39 is 11.8 Å². The van der Waals surface area contributed by atoms with E-state index in [2.05, 4.69) is 9.88 Å². The van der Waals surface area contributed by atoms with Crippen molar-refractivity contribution in [2.45, 2.75) is 20.8 Å². The number of methoxy groups -OCH3 is 1. The van der Waals surface area contributed by atoms with E-state index in [4.69, 9.17) is 28.6 Å². The molecule has 33 heavy (non-hydrogen) atoms. The monoisotopic (exact) mass is 479 g/mol. The van der Waals surface area contributed by atoms with Crippen LogP contribution in [0.15, 0.2) is 54.1 Å². The first kappa shape index (κ1) is 22.8. The van der Waals surface area contributed by atoms with E-state index in [1.165, 1.54) is 4.90 Å². The number of aromatic nitrogens is 1. The smallest absolute Gasteiger partial charge is 0.270 e. The molecule has 168 valence electrons. The van der Waals surface area contributed by atoms with Gasteiger partial charge in [-0.2, -0.15) is 0 Å². The van der Waals surface area contributed by atoms with Crippen LogP contribution in [0.2, 0.25) is 5.02 Å². The zero-order valence-corrected chi connectivity index (χ0v) is 20.2. The Morgan fingerprint density at radius 3 is 2.30 bits per heavy atom. The molecule has 3 aromatic rings. The van der Waals surface area contributed by atoms with Crippen molar-refractivity contribution in [3.05, 3.63) is 81.6 Å². The van der Waals surface area contributed by atoms with Gasteiger partial charge in [0.2, 0.25) is 0 Å². The van der Waals surface area contributed by atoms with Crippen molar-refractivity contribution in [1.29, 1.82) is 0 Å². The maximum Gasteiger partial charge on any atom is 0.270 e. The third-order valence-electron chi connectivity index (χ3n) is 5.62. The summed E-state index contributed by atoms with van der Waals surface area (Å²) in [5.41, 5.74) is 4.94. The van der Waals surface area contributed by atoms with Gasteiger partial charge in [-0.3, -0.25) is 19.8 Å². The van der Waals surface area contributed by atoms with Gasteiger partial charge in [-0.05, 0) is 92.7 Å². The summed E-state index contributed by atoms with van der Waals surface area (Å²) in [6, 6.07) is 14.8. The lowest BCUT2D eigenvalue weighted by atomic mass is 10.1. The number of anilines is 1. The van der Waals surface area contributed by atoms with Crippen LogP contribution in [-0.4, -0.2) is 28.6 Å². The normalized spacial score (nSPS) is 15.2. The van der Waals surface area contributed by atoms with Crippen molar-refractivity contribution in [3.8, 4) is 11.4 Å². The molecule has 0 spiro atoms. The van der Waals surface area contributed by atoms with E-state index >= 15 is 0 Å². The number of thiocarbonyl (C=S) groups is 1. The first-order valence-corrected chi connectivity index (χ1v) is 11.0. The fraction of sp³-hybridized carbons (Fsp3) is 0.160. The maximum atomic E-state index is 13.3. The Balaban J connectivity index is 1.74. The van der Waals surface area contributed by atoms with Crippen LogP contribution in [0.4, 0.5) is 5.69 Å². The number of aryl methyl sites for hydroxylation is 2. The lowest BCUT2D eigenvalue weighted by Gasteiger charge is -2.29. The van der Waals surface area contributed by atoms with Gasteiger partial charge in [-0.15, -0.1) is 0 Å². The summed E-state index contributed by atoms with van der Waals surface area (Å²) in [6.45, 7) is 5.78. The van der Waals surface area contributed by atoms with E-state index in [9.17, 15) is 9.59 Å². The van der Waals surface area contributed by atoms with E-state index in [-0.39, 0.29) is 10.7 Å². The number of carbonyl (C=O) groups excluding carboxylic acids is 2. The molecular formula is C25H22ClN3O3S. The van der Waals surface area contributed by atoms with Gasteiger partial charge in [0, 0.05) is 22.1 Å². The second kappa shape index (κ2) is 8.84. The van der Waals surface area contributed by atoms with Crippen LogP contribution in [0.3, 0.4) is 0 Å². The van der Waals surface area contributed by atoms with Gasteiger partial charge < -0.3 is 9.30 Å². The summed E-state index contributed by atoms with van der Waals surface area (Å²) in [4.78, 5) is 27.3. The second-order valence-corrected chi connectivity index (χ2v) is 8.55. The molecule has 1 aliphatic rings. The summed E-state index contributed by atoms with van der Waals surface area (Å²) in [7, 11) is 1.62. The molecule has 2 amide bonds. The van der Waals surface area contributed by atoms with Gasteiger partial charge in [0.1, 0.15) is 11.3 Å². The number of nitrogens with one attached hydrogen (secondary N) is 1. The molecule has 2 aromatic carbocycles. The summed E-state index contributed by atoms with van der Waals surface area (Å²) in [5.74, 6) is -0.271. The van der Waals surface area contributed by atoms with E-state index in [0.717, 1.165) is 34.0 Å². The van der Waals surface area contributed by atoms with Crippen molar-refractivity contribution in [2.75, 3.05) is 12.0 Å². The Labute approximate surface area is 202 Å². The van der Waals surface area contributed by atoms with Crippen LogP contribution in [-0.2, 0) is 9.59 Å². The molecule has 4 rings (SSSR count). The Bertz CT molecular complexity index is 1330. The predicted octanol–water partition coefficient (Wildman–Crippen LogP) is 4.90. The van der Waals surface area contributed by atoms with Crippen LogP contribution >= 0.6 is 23.8 Å². The molecule has 1 saturated heterocycles. The molecule has 8 heteroatoms. The van der Waals surface area contributed by atoms with Gasteiger partial charge in [0.05, 0.1) is 12.8 Å². The number of carbonyl (C=O) groups is 2. The molecular weight excluding hydrogens is 458 g/mol. The Kier molecular flexibility index (Phi) is 6.10. The number of halogens is 1. The van der Waals surface area contributed by atoms with Gasteiger partial charge in [-0.25, -0.2) is 0 Å². The van der Waals surface area contributed by atoms with Crippen molar-refractivity contribution < 1.29 is 14.3 Å². The Hall–Kier alpha value is -3.42. The standard InChI is InChI=1S/C25H22ClN3O3S/c1-14-5-6-19(13-22(14)26)29-24(31)21(23(30)27-25(29)33)12-17-11-15(2)28(16(17)3)18-7-9-20(32-4)10-8-18/h5-13H,1-4H3,(H,27,30,33)/b21-12+. The average Bonchev–Trinajstić information content (AvgIpc) is 3.06. The number of hydrogen-bond donors (Lipinski definition) is 1. The van der Waals surface area contributed by atoms with Crippen LogP contribution in [0.1, 0.15) is 22.5 Å². The molecule has 0 bridgehead atoms. The Morgan fingerprint density at radius 2 is 1.67 bits per heavy atom. The third-order valence-corrected chi connectivity index (χ3v) is 6.31. The first-order valence-electron chi connectivity index (χ1n) is 10.2. The molecule has 2 heterocycles. The summed E-state index contributed by atoms with van der Waals surface area (Å²) < 4.78 is 7.29. The Morgan fingerprint density at radius 1 is 1.00 bits per heavy atom. The fourth-order valence-corrected chi connectivity index (χ4v) is 4.29. The second-order valence-electron chi connectivity index (χ2n) is 7.75. The summed E-state index contributed by atoms with van der Waals surface area (Å²) in [5, 5.41) is 3.14. The highest BCUT2D eigenvalue weighted by molar-refractivity contribution is 7.80. The number of amides is 2. The van der Waals surface area contributed by atoms with E-state index in [0.29, 0.717) is 10.7 Å². The highest BCUT2D eigenvalue weighted by atomic mass is 35.5. The molecule has 6 nitrogen and oxygen atoms in total. The largest absolute Gasteiger partial charge is 0.497 e. The minimum Gasteiger partial charge on any atom is -0.497 e. The minimum absolute atomic E-state index is 0.00437. The predicted molar refractivity (Wildman–Crippen MR) is 134 cm³/mol. The molecule has 0 saturated carbocycles. The molecule has 1 aliphatic heterocycles. The topological polar surface area (TPSA) is 63.6 Å². The van der Waals surface area contributed by atoms with Crippen molar-refractivity contribution in [3.63, 3.8) is 0 Å². The van der Waals surface area contributed by atoms with E-state index in [1.807, 2.05) is 51.1 Å². The molecule has 0 atom stereocenters. The molecule has 0 radical (unpaired) electrons. The zero-order chi connectivity index (χ0) is 23.9. The van der Waals surface area contributed by atoms with E-state index in [1.54, 1.807) is 31.4 Å². The fourth-order valence-electron chi connectivity index (χ4n) is 3.83. The lowest BCUT2D eigenvalue weighted by Crippen LogP contribution is -2.54. The quantitative estimate of drug-likeness (QED) is 0.328. The van der Waals surface area contributed by atoms with Crippen molar-refractivity contribution in [2.24, 2.45) is 0 Å². The van der Waals surface area contributed by atoms with Crippen molar-refractivity contribution in [1.82, 2.24) is 9.88 Å². The van der Waals surface area contributed by atoms with Gasteiger partial charge >= 0.3 is 0 Å². The SMILES string of the molecule is COc1ccc(-n2c(C)cc(/C=C3\C(=O)NC(=S)N(c4ccc(C)c(Cl)c4)C3=O)c2C)cc1. The van der Waals surface area contributed by atoms with Gasteiger partial charge in [0.25, 0.3) is 11.8 Å². The molecule has 0 unspecified atom stereocenters. The van der Waals surface area contributed by atoms with Gasteiger partial charge in [-0.1, -0.05) is 17.7 Å². The number of ether oxygens (including phenoxy) is 1. The number of rotatable bonds is 4. The molecule has 0 aliphatic carbocycles. The third kappa shape index (κ3) is 4.17. The number of benzene rings is 2. The maximum absolute atomic E-state index is 13.3. The highest BCUT2D eigenvalue weighted by Crippen LogP contribution is 2.28. The van der Waals surface area contributed by atoms with Crippen molar-refractivity contribution >= 4 is 52.5 Å². The van der Waals surface area contributed by atoms with Crippen LogP contribution < -0.4 is 15.0 Å². The zero-order valence-electron chi connectivity index (χ0n) is 18.6. The number of nitrogens with zero attached hydrogens (tertiary/aromatic N) is 2. The van der Waals surface area contributed by atoms with Gasteiger partial charge in [0.15, 0.2) is 5.11 Å².